The van der Waals surface area contributed by atoms with Crippen molar-refractivity contribution in [3.05, 3.63) is 58.8 Å². The van der Waals surface area contributed by atoms with Crippen LogP contribution in [0, 0.1) is 0 Å². The number of aromatic nitrogens is 1. The van der Waals surface area contributed by atoms with E-state index in [-0.39, 0.29) is 12.0 Å². The maximum atomic E-state index is 12.1. The van der Waals surface area contributed by atoms with Crippen molar-refractivity contribution in [1.29, 1.82) is 0 Å². The lowest BCUT2D eigenvalue weighted by molar-refractivity contribution is -0.139. The van der Waals surface area contributed by atoms with Crippen LogP contribution < -0.4 is 4.74 Å². The van der Waals surface area contributed by atoms with E-state index >= 15 is 0 Å². The number of carbonyl (C=O) groups is 1. The maximum absolute atomic E-state index is 12.1. The van der Waals surface area contributed by atoms with Crippen LogP contribution in [0.4, 0.5) is 0 Å². The number of ether oxygens (including phenoxy) is 1. The van der Waals surface area contributed by atoms with E-state index in [0.717, 1.165) is 16.5 Å². The molecule has 0 unspecified atom stereocenters. The van der Waals surface area contributed by atoms with Gasteiger partial charge in [0.05, 0.1) is 25.0 Å². The van der Waals surface area contributed by atoms with E-state index in [0.29, 0.717) is 25.4 Å². The first-order chi connectivity index (χ1) is 11.3. The summed E-state index contributed by atoms with van der Waals surface area (Å²) in [5, 5.41) is 5.11. The molecule has 23 heavy (non-hydrogen) atoms. The second-order valence-electron chi connectivity index (χ2n) is 5.69. The van der Waals surface area contributed by atoms with Gasteiger partial charge in [-0.2, -0.15) is 11.3 Å². The molecule has 1 saturated heterocycles. The van der Waals surface area contributed by atoms with E-state index in [9.17, 15) is 4.79 Å². The van der Waals surface area contributed by atoms with E-state index in [2.05, 4.69) is 4.98 Å². The highest BCUT2D eigenvalue weighted by atomic mass is 32.1. The molecule has 2 aromatic heterocycles. The van der Waals surface area contributed by atoms with Gasteiger partial charge in [-0.05, 0) is 34.5 Å². The first kappa shape index (κ1) is 14.2. The predicted octanol–water partition coefficient (Wildman–Crippen LogP) is 3.13. The Hall–Kier alpha value is -2.40. The number of likely N-dealkylation sites (tertiary alicyclic amines) is 1. The van der Waals surface area contributed by atoms with Crippen molar-refractivity contribution in [3.8, 4) is 5.88 Å². The molecule has 1 fully saturated rings. The zero-order chi connectivity index (χ0) is 15.6. The van der Waals surface area contributed by atoms with E-state index < -0.39 is 0 Å². The summed E-state index contributed by atoms with van der Waals surface area (Å²) in [6.45, 7) is 1.27. The molecule has 0 aliphatic carbocycles. The number of hydrogen-bond acceptors (Lipinski definition) is 4. The minimum Gasteiger partial charge on any atom is -0.471 e. The first-order valence-corrected chi connectivity index (χ1v) is 8.53. The molecule has 4 rings (SSSR count). The number of para-hydroxylation sites is 1. The number of benzene rings is 1. The third kappa shape index (κ3) is 3.05. The normalized spacial score (nSPS) is 14.7. The average Bonchev–Trinajstić information content (AvgIpc) is 3.03. The molecule has 0 bridgehead atoms. The maximum Gasteiger partial charge on any atom is 0.227 e. The molecule has 0 atom stereocenters. The molecule has 1 aromatic carbocycles. The van der Waals surface area contributed by atoms with Gasteiger partial charge in [-0.3, -0.25) is 4.79 Å². The summed E-state index contributed by atoms with van der Waals surface area (Å²) in [6, 6.07) is 13.9. The van der Waals surface area contributed by atoms with Crippen molar-refractivity contribution in [2.24, 2.45) is 0 Å². The van der Waals surface area contributed by atoms with Gasteiger partial charge >= 0.3 is 0 Å². The molecule has 3 heterocycles. The zero-order valence-corrected chi connectivity index (χ0v) is 13.3. The Bertz CT molecular complexity index is 826. The Morgan fingerprint density at radius 1 is 1.22 bits per heavy atom. The van der Waals surface area contributed by atoms with Crippen molar-refractivity contribution >= 4 is 28.1 Å². The third-order valence-electron chi connectivity index (χ3n) is 4.00. The van der Waals surface area contributed by atoms with Gasteiger partial charge in [0, 0.05) is 11.5 Å². The summed E-state index contributed by atoms with van der Waals surface area (Å²) < 4.78 is 5.87. The van der Waals surface area contributed by atoms with Gasteiger partial charge in [-0.25, -0.2) is 4.98 Å². The number of thiophene rings is 1. The number of pyridine rings is 1. The van der Waals surface area contributed by atoms with Crippen molar-refractivity contribution in [2.45, 2.75) is 12.5 Å². The number of nitrogens with zero attached hydrogens (tertiary/aromatic N) is 2. The standard InChI is InChI=1S/C18H16N2O2S/c21-18(9-13-7-8-23-12-13)20-10-15(11-20)22-17-6-5-14-3-1-2-4-16(14)19-17/h1-8,12,15H,9-11H2. The topological polar surface area (TPSA) is 42.4 Å². The van der Waals surface area contributed by atoms with E-state index in [4.69, 9.17) is 4.74 Å². The Kier molecular flexibility index (Phi) is 3.71. The predicted molar refractivity (Wildman–Crippen MR) is 90.8 cm³/mol. The smallest absolute Gasteiger partial charge is 0.227 e. The van der Waals surface area contributed by atoms with Crippen LogP contribution in [0.5, 0.6) is 5.88 Å². The van der Waals surface area contributed by atoms with Crippen LogP contribution in [0.1, 0.15) is 5.56 Å². The molecule has 5 heteroatoms. The fourth-order valence-electron chi connectivity index (χ4n) is 2.68. The Balaban J connectivity index is 1.33. The third-order valence-corrected chi connectivity index (χ3v) is 4.73. The molecule has 1 aliphatic heterocycles. The average molecular weight is 324 g/mol. The van der Waals surface area contributed by atoms with Gasteiger partial charge < -0.3 is 9.64 Å². The lowest BCUT2D eigenvalue weighted by Crippen LogP contribution is -2.56. The molecule has 0 saturated carbocycles. The molecular weight excluding hydrogens is 308 g/mol. The number of rotatable bonds is 4. The molecule has 116 valence electrons. The Labute approximate surface area is 138 Å². The highest BCUT2D eigenvalue weighted by Crippen LogP contribution is 2.21. The summed E-state index contributed by atoms with van der Waals surface area (Å²) in [6.07, 6.45) is 0.514. The van der Waals surface area contributed by atoms with Gasteiger partial charge in [-0.15, -0.1) is 0 Å². The molecule has 0 radical (unpaired) electrons. The van der Waals surface area contributed by atoms with Crippen molar-refractivity contribution in [2.75, 3.05) is 13.1 Å². The second-order valence-corrected chi connectivity index (χ2v) is 6.47. The summed E-state index contributed by atoms with van der Waals surface area (Å²) in [7, 11) is 0. The summed E-state index contributed by atoms with van der Waals surface area (Å²) in [5.74, 6) is 0.786. The molecule has 4 nitrogen and oxygen atoms in total. The SMILES string of the molecule is O=C(Cc1ccsc1)N1CC(Oc2ccc3ccccc3n2)C1. The van der Waals surface area contributed by atoms with Gasteiger partial charge in [0.15, 0.2) is 0 Å². The fraction of sp³-hybridized carbons (Fsp3) is 0.222. The van der Waals surface area contributed by atoms with E-state index in [1.165, 1.54) is 0 Å². The highest BCUT2D eigenvalue weighted by Gasteiger charge is 2.32. The van der Waals surface area contributed by atoms with Crippen molar-refractivity contribution in [3.63, 3.8) is 0 Å². The number of hydrogen-bond donors (Lipinski definition) is 0. The van der Waals surface area contributed by atoms with Crippen molar-refractivity contribution < 1.29 is 9.53 Å². The number of fused-ring (bicyclic) bond motifs is 1. The minimum atomic E-state index is 0.0371. The highest BCUT2D eigenvalue weighted by molar-refractivity contribution is 7.08. The van der Waals surface area contributed by atoms with Crippen LogP contribution in [0.25, 0.3) is 10.9 Å². The molecule has 3 aromatic rings. The Morgan fingerprint density at radius 3 is 2.91 bits per heavy atom. The second kappa shape index (κ2) is 6.01. The van der Waals surface area contributed by atoms with Gasteiger partial charge in [0.2, 0.25) is 11.8 Å². The van der Waals surface area contributed by atoms with Gasteiger partial charge in [-0.1, -0.05) is 18.2 Å². The lowest BCUT2D eigenvalue weighted by Gasteiger charge is -2.38. The van der Waals surface area contributed by atoms with Crippen LogP contribution >= 0.6 is 11.3 Å². The molecule has 0 spiro atoms. The minimum absolute atomic E-state index is 0.0371. The largest absolute Gasteiger partial charge is 0.471 e. The van der Waals surface area contributed by atoms with Crippen LogP contribution in [-0.2, 0) is 11.2 Å². The van der Waals surface area contributed by atoms with Crippen LogP contribution in [0.3, 0.4) is 0 Å². The van der Waals surface area contributed by atoms with Crippen LogP contribution in [0.2, 0.25) is 0 Å². The van der Waals surface area contributed by atoms with Gasteiger partial charge in [0.1, 0.15) is 6.10 Å². The molecule has 1 amide bonds. The van der Waals surface area contributed by atoms with Crippen molar-refractivity contribution in [1.82, 2.24) is 9.88 Å². The summed E-state index contributed by atoms with van der Waals surface area (Å²) in [4.78, 5) is 18.5. The Morgan fingerprint density at radius 2 is 2.09 bits per heavy atom. The molecule has 1 aliphatic rings. The lowest BCUT2D eigenvalue weighted by atomic mass is 10.1. The van der Waals surface area contributed by atoms with E-state index in [1.54, 1.807) is 11.3 Å². The number of amides is 1. The first-order valence-electron chi connectivity index (χ1n) is 7.59. The quantitative estimate of drug-likeness (QED) is 0.740. The monoisotopic (exact) mass is 324 g/mol. The number of carbonyl (C=O) groups excluding carboxylic acids is 1. The van der Waals surface area contributed by atoms with Crippen LogP contribution in [0.15, 0.2) is 53.2 Å². The van der Waals surface area contributed by atoms with Gasteiger partial charge in [0.25, 0.3) is 0 Å². The zero-order valence-electron chi connectivity index (χ0n) is 12.5. The molecular formula is C18H16N2O2S. The molecule has 0 N–H and O–H groups in total. The summed E-state index contributed by atoms with van der Waals surface area (Å²) >= 11 is 1.62. The van der Waals surface area contributed by atoms with Crippen LogP contribution in [-0.4, -0.2) is 35.0 Å². The fourth-order valence-corrected chi connectivity index (χ4v) is 3.35. The summed E-state index contributed by atoms with van der Waals surface area (Å²) in [5.41, 5.74) is 2.01. The van der Waals surface area contributed by atoms with E-state index in [1.807, 2.05) is 58.1 Å².